The molecule has 0 aromatic carbocycles. The molecule has 3 atom stereocenters. The maximum atomic E-state index is 9.36. The zero-order valence-corrected chi connectivity index (χ0v) is 7.48. The number of aliphatic hydroxyl groups excluding tert-OH is 2. The molecule has 3 nitrogen and oxygen atoms in total. The number of aliphatic hydroxyl groups is 2. The van der Waals surface area contributed by atoms with Gasteiger partial charge in [-0.15, -0.1) is 6.58 Å². The van der Waals surface area contributed by atoms with Crippen molar-refractivity contribution in [1.82, 2.24) is 4.90 Å². The number of rotatable bonds is 3. The number of nitrogens with zero attached hydrogens (tertiary/aromatic N) is 1. The van der Waals surface area contributed by atoms with Crippen LogP contribution in [-0.4, -0.2) is 46.5 Å². The van der Waals surface area contributed by atoms with Crippen molar-refractivity contribution in [2.75, 3.05) is 13.2 Å². The summed E-state index contributed by atoms with van der Waals surface area (Å²) in [4.78, 5) is 2.08. The van der Waals surface area contributed by atoms with Gasteiger partial charge in [0.2, 0.25) is 0 Å². The van der Waals surface area contributed by atoms with E-state index in [1.807, 2.05) is 13.0 Å². The van der Waals surface area contributed by atoms with E-state index in [0.717, 1.165) is 0 Å². The quantitative estimate of drug-likeness (QED) is 0.587. The van der Waals surface area contributed by atoms with Crippen molar-refractivity contribution in [2.45, 2.75) is 31.5 Å². The summed E-state index contributed by atoms with van der Waals surface area (Å²) >= 11 is 0. The molecular formula is C9H17NO2. The van der Waals surface area contributed by atoms with Gasteiger partial charge in [-0.2, -0.15) is 0 Å². The first-order valence-electron chi connectivity index (χ1n) is 4.36. The largest absolute Gasteiger partial charge is 0.395 e. The SMILES string of the molecule is C=CC(C)N1C[C@@H](O)C[C@H]1CO. The van der Waals surface area contributed by atoms with Crippen LogP contribution in [0.25, 0.3) is 0 Å². The molecule has 3 heteroatoms. The molecule has 0 aromatic heterocycles. The molecule has 1 heterocycles. The highest BCUT2D eigenvalue weighted by molar-refractivity contribution is 4.93. The van der Waals surface area contributed by atoms with Gasteiger partial charge in [-0.25, -0.2) is 0 Å². The van der Waals surface area contributed by atoms with E-state index in [0.29, 0.717) is 13.0 Å². The molecule has 0 amide bonds. The monoisotopic (exact) mass is 171 g/mol. The minimum absolute atomic E-state index is 0.105. The molecule has 12 heavy (non-hydrogen) atoms. The molecule has 1 fully saturated rings. The highest BCUT2D eigenvalue weighted by Gasteiger charge is 2.32. The predicted octanol–water partition coefficient (Wildman–Crippen LogP) is -0.0116. The van der Waals surface area contributed by atoms with Gasteiger partial charge < -0.3 is 10.2 Å². The van der Waals surface area contributed by atoms with Gasteiger partial charge in [-0.1, -0.05) is 6.08 Å². The van der Waals surface area contributed by atoms with Crippen LogP contribution < -0.4 is 0 Å². The lowest BCUT2D eigenvalue weighted by Crippen LogP contribution is -2.38. The topological polar surface area (TPSA) is 43.7 Å². The summed E-state index contributed by atoms with van der Waals surface area (Å²) in [7, 11) is 0. The van der Waals surface area contributed by atoms with E-state index in [2.05, 4.69) is 11.5 Å². The Bertz CT molecular complexity index is 161. The van der Waals surface area contributed by atoms with Crippen molar-refractivity contribution in [3.63, 3.8) is 0 Å². The van der Waals surface area contributed by atoms with E-state index in [-0.39, 0.29) is 24.8 Å². The Morgan fingerprint density at radius 3 is 2.92 bits per heavy atom. The van der Waals surface area contributed by atoms with E-state index >= 15 is 0 Å². The summed E-state index contributed by atoms with van der Waals surface area (Å²) in [5.41, 5.74) is 0. The summed E-state index contributed by atoms with van der Waals surface area (Å²) in [6, 6.07) is 0.340. The molecule has 0 saturated carbocycles. The van der Waals surface area contributed by atoms with E-state index in [9.17, 15) is 5.11 Å². The first-order chi connectivity index (χ1) is 5.69. The van der Waals surface area contributed by atoms with Gasteiger partial charge in [-0.3, -0.25) is 4.90 Å². The standard InChI is InChI=1S/C9H17NO2/c1-3-7(2)10-5-9(12)4-8(10)6-11/h3,7-9,11-12H,1,4-6H2,2H3/t7?,8-,9-/m0/s1. The fraction of sp³-hybridized carbons (Fsp3) is 0.778. The number of β-amino-alcohol motifs (C(OH)–C–C–N with tert-alkyl or cyclic N) is 1. The molecule has 1 rings (SSSR count). The van der Waals surface area contributed by atoms with Crippen LogP contribution in [-0.2, 0) is 0 Å². The molecule has 0 bridgehead atoms. The van der Waals surface area contributed by atoms with Gasteiger partial charge in [0.25, 0.3) is 0 Å². The maximum Gasteiger partial charge on any atom is 0.0683 e. The Labute approximate surface area is 73.3 Å². The van der Waals surface area contributed by atoms with Crippen LogP contribution in [0.1, 0.15) is 13.3 Å². The molecular weight excluding hydrogens is 154 g/mol. The fourth-order valence-corrected chi connectivity index (χ4v) is 1.73. The van der Waals surface area contributed by atoms with Crippen LogP contribution in [0.15, 0.2) is 12.7 Å². The Morgan fingerprint density at radius 1 is 1.75 bits per heavy atom. The Hall–Kier alpha value is -0.380. The van der Waals surface area contributed by atoms with Crippen LogP contribution >= 0.6 is 0 Å². The zero-order valence-electron chi connectivity index (χ0n) is 7.48. The van der Waals surface area contributed by atoms with Crippen molar-refractivity contribution in [1.29, 1.82) is 0 Å². The lowest BCUT2D eigenvalue weighted by Gasteiger charge is -2.26. The number of likely N-dealkylation sites (tertiary alicyclic amines) is 1. The van der Waals surface area contributed by atoms with Crippen molar-refractivity contribution in [2.24, 2.45) is 0 Å². The minimum atomic E-state index is -0.287. The second kappa shape index (κ2) is 4.03. The van der Waals surface area contributed by atoms with Crippen LogP contribution in [0, 0.1) is 0 Å². The van der Waals surface area contributed by atoms with Gasteiger partial charge in [0.05, 0.1) is 12.7 Å². The molecule has 1 aliphatic heterocycles. The van der Waals surface area contributed by atoms with Crippen LogP contribution in [0.4, 0.5) is 0 Å². The highest BCUT2D eigenvalue weighted by Crippen LogP contribution is 2.20. The van der Waals surface area contributed by atoms with Gasteiger partial charge in [0.15, 0.2) is 0 Å². The van der Waals surface area contributed by atoms with E-state index in [1.54, 1.807) is 0 Å². The molecule has 1 saturated heterocycles. The summed E-state index contributed by atoms with van der Waals surface area (Å²) in [6.07, 6.45) is 2.22. The molecule has 1 unspecified atom stereocenters. The Morgan fingerprint density at radius 2 is 2.42 bits per heavy atom. The average Bonchev–Trinajstić information content (AvgIpc) is 2.45. The smallest absolute Gasteiger partial charge is 0.0683 e. The summed E-state index contributed by atoms with van der Waals surface area (Å²) < 4.78 is 0. The molecule has 70 valence electrons. The minimum Gasteiger partial charge on any atom is -0.395 e. The van der Waals surface area contributed by atoms with E-state index < -0.39 is 0 Å². The van der Waals surface area contributed by atoms with Crippen LogP contribution in [0.2, 0.25) is 0 Å². The lowest BCUT2D eigenvalue weighted by molar-refractivity contribution is 0.138. The second-order valence-electron chi connectivity index (χ2n) is 3.40. The third-order valence-corrected chi connectivity index (χ3v) is 2.51. The fourth-order valence-electron chi connectivity index (χ4n) is 1.73. The van der Waals surface area contributed by atoms with Crippen molar-refractivity contribution in [3.8, 4) is 0 Å². The first kappa shape index (κ1) is 9.71. The second-order valence-corrected chi connectivity index (χ2v) is 3.40. The number of hydrogen-bond acceptors (Lipinski definition) is 3. The van der Waals surface area contributed by atoms with Crippen molar-refractivity contribution in [3.05, 3.63) is 12.7 Å². The molecule has 0 aromatic rings. The third kappa shape index (κ3) is 1.86. The Balaban J connectivity index is 2.56. The van der Waals surface area contributed by atoms with Crippen LogP contribution in [0.3, 0.4) is 0 Å². The van der Waals surface area contributed by atoms with E-state index in [1.165, 1.54) is 0 Å². The predicted molar refractivity (Wildman–Crippen MR) is 47.9 cm³/mol. The Kier molecular flexibility index (Phi) is 3.26. The first-order valence-corrected chi connectivity index (χ1v) is 4.36. The molecule has 1 aliphatic rings. The molecule has 0 aliphatic carbocycles. The van der Waals surface area contributed by atoms with Crippen LogP contribution in [0.5, 0.6) is 0 Å². The van der Waals surface area contributed by atoms with E-state index in [4.69, 9.17) is 5.11 Å². The average molecular weight is 171 g/mol. The molecule has 0 spiro atoms. The highest BCUT2D eigenvalue weighted by atomic mass is 16.3. The summed E-state index contributed by atoms with van der Waals surface area (Å²) in [6.45, 7) is 6.49. The van der Waals surface area contributed by atoms with Gasteiger partial charge in [0, 0.05) is 18.6 Å². The lowest BCUT2D eigenvalue weighted by atomic mass is 10.2. The maximum absolute atomic E-state index is 9.36. The van der Waals surface area contributed by atoms with Crippen molar-refractivity contribution < 1.29 is 10.2 Å². The normalized spacial score (nSPS) is 33.6. The van der Waals surface area contributed by atoms with Gasteiger partial charge in [0.1, 0.15) is 0 Å². The van der Waals surface area contributed by atoms with Gasteiger partial charge in [-0.05, 0) is 13.3 Å². The number of hydrogen-bond donors (Lipinski definition) is 2. The molecule has 0 radical (unpaired) electrons. The third-order valence-electron chi connectivity index (χ3n) is 2.51. The van der Waals surface area contributed by atoms with Gasteiger partial charge >= 0.3 is 0 Å². The van der Waals surface area contributed by atoms with Crippen molar-refractivity contribution >= 4 is 0 Å². The zero-order chi connectivity index (χ0) is 9.14. The summed E-state index contributed by atoms with van der Waals surface area (Å²) in [5.74, 6) is 0. The summed E-state index contributed by atoms with van der Waals surface area (Å²) in [5, 5.41) is 18.4. The molecule has 2 N–H and O–H groups in total.